The summed E-state index contributed by atoms with van der Waals surface area (Å²) in [5.41, 5.74) is 1.72. The van der Waals surface area contributed by atoms with Crippen molar-refractivity contribution in [3.8, 4) is 0 Å². The molecular formula is C13H14FN3. The number of nitrogens with zero attached hydrogens (tertiary/aromatic N) is 2. The highest BCUT2D eigenvalue weighted by Gasteiger charge is 2.15. The fourth-order valence-electron chi connectivity index (χ4n) is 1.84. The predicted molar refractivity (Wildman–Crippen MR) is 64.1 cm³/mol. The van der Waals surface area contributed by atoms with Crippen molar-refractivity contribution in [3.05, 3.63) is 59.4 Å². The molecule has 88 valence electrons. The number of nitrogens with one attached hydrogen (secondary N) is 1. The Bertz CT molecular complexity index is 479. The lowest BCUT2D eigenvalue weighted by Gasteiger charge is -2.15. The Morgan fingerprint density at radius 2 is 1.88 bits per heavy atom. The number of rotatable bonds is 3. The van der Waals surface area contributed by atoms with Crippen molar-refractivity contribution >= 4 is 0 Å². The molecule has 0 fully saturated rings. The minimum absolute atomic E-state index is 0.189. The third-order valence-electron chi connectivity index (χ3n) is 2.53. The van der Waals surface area contributed by atoms with Gasteiger partial charge in [0.05, 0.1) is 6.04 Å². The van der Waals surface area contributed by atoms with Crippen molar-refractivity contribution in [1.82, 2.24) is 15.3 Å². The summed E-state index contributed by atoms with van der Waals surface area (Å²) < 4.78 is 13.4. The summed E-state index contributed by atoms with van der Waals surface area (Å²) in [4.78, 5) is 8.38. The van der Waals surface area contributed by atoms with Crippen LogP contribution in [-0.2, 0) is 0 Å². The van der Waals surface area contributed by atoms with Gasteiger partial charge in [-0.25, -0.2) is 14.4 Å². The van der Waals surface area contributed by atoms with Gasteiger partial charge in [0, 0.05) is 12.4 Å². The normalized spacial score (nSPS) is 12.4. The summed E-state index contributed by atoms with van der Waals surface area (Å²) >= 11 is 0. The van der Waals surface area contributed by atoms with Gasteiger partial charge in [-0.15, -0.1) is 0 Å². The van der Waals surface area contributed by atoms with Crippen LogP contribution < -0.4 is 5.32 Å². The van der Waals surface area contributed by atoms with Crippen molar-refractivity contribution in [1.29, 1.82) is 0 Å². The predicted octanol–water partition coefficient (Wildman–Crippen LogP) is 2.23. The van der Waals surface area contributed by atoms with Crippen LogP contribution in [0.15, 0.2) is 36.7 Å². The maximum absolute atomic E-state index is 13.4. The highest BCUT2D eigenvalue weighted by Crippen LogP contribution is 2.20. The Hall–Kier alpha value is -1.81. The van der Waals surface area contributed by atoms with Crippen molar-refractivity contribution in [2.75, 3.05) is 7.05 Å². The van der Waals surface area contributed by atoms with E-state index in [0.717, 1.165) is 11.1 Å². The van der Waals surface area contributed by atoms with Gasteiger partial charge in [0.2, 0.25) is 0 Å². The maximum atomic E-state index is 13.4. The van der Waals surface area contributed by atoms with Crippen LogP contribution >= 0.6 is 0 Å². The first-order chi connectivity index (χ1) is 8.20. The zero-order chi connectivity index (χ0) is 12.3. The second kappa shape index (κ2) is 5.01. The van der Waals surface area contributed by atoms with Crippen LogP contribution in [0.3, 0.4) is 0 Å². The molecular weight excluding hydrogens is 217 g/mol. The molecule has 4 heteroatoms. The third kappa shape index (κ3) is 2.65. The monoisotopic (exact) mass is 231 g/mol. The van der Waals surface area contributed by atoms with Gasteiger partial charge in [0.15, 0.2) is 0 Å². The number of halogens is 1. The van der Waals surface area contributed by atoms with E-state index in [2.05, 4.69) is 15.3 Å². The van der Waals surface area contributed by atoms with E-state index in [1.165, 1.54) is 12.1 Å². The van der Waals surface area contributed by atoms with Crippen LogP contribution in [0.25, 0.3) is 0 Å². The Labute approximate surface area is 99.7 Å². The smallest absolute Gasteiger partial charge is 0.149 e. The number of aryl methyl sites for hydroxylation is 1. The fourth-order valence-corrected chi connectivity index (χ4v) is 1.84. The highest BCUT2D eigenvalue weighted by molar-refractivity contribution is 5.29. The van der Waals surface area contributed by atoms with E-state index in [9.17, 15) is 4.39 Å². The van der Waals surface area contributed by atoms with E-state index >= 15 is 0 Å². The number of hydrogen-bond acceptors (Lipinski definition) is 3. The zero-order valence-corrected chi connectivity index (χ0v) is 9.81. The van der Waals surface area contributed by atoms with Gasteiger partial charge >= 0.3 is 0 Å². The maximum Gasteiger partial charge on any atom is 0.149 e. The summed E-state index contributed by atoms with van der Waals surface area (Å²) in [5, 5.41) is 3.10. The average molecular weight is 231 g/mol. The zero-order valence-electron chi connectivity index (χ0n) is 9.81. The van der Waals surface area contributed by atoms with Crippen molar-refractivity contribution in [3.63, 3.8) is 0 Å². The molecule has 1 atom stereocenters. The molecule has 0 aliphatic heterocycles. The number of hydrogen-bond donors (Lipinski definition) is 1. The van der Waals surface area contributed by atoms with Crippen molar-refractivity contribution in [2.45, 2.75) is 13.0 Å². The summed E-state index contributed by atoms with van der Waals surface area (Å²) in [5.74, 6) is 0.399. The molecule has 1 unspecified atom stereocenters. The molecule has 0 spiro atoms. The summed E-state index contributed by atoms with van der Waals surface area (Å²) in [7, 11) is 1.81. The molecule has 2 rings (SSSR count). The van der Waals surface area contributed by atoms with E-state index in [4.69, 9.17) is 0 Å². The third-order valence-corrected chi connectivity index (χ3v) is 2.53. The van der Waals surface area contributed by atoms with E-state index in [0.29, 0.717) is 5.82 Å². The minimum Gasteiger partial charge on any atom is -0.307 e. The quantitative estimate of drug-likeness (QED) is 0.880. The SMILES string of the molecule is CNC(c1cc(C)cc(F)c1)c1ncccn1. The van der Waals surface area contributed by atoms with E-state index < -0.39 is 0 Å². The first kappa shape index (κ1) is 11.7. The topological polar surface area (TPSA) is 37.8 Å². The molecule has 17 heavy (non-hydrogen) atoms. The molecule has 0 aliphatic rings. The molecule has 1 aromatic heterocycles. The van der Waals surface area contributed by atoms with E-state index in [-0.39, 0.29) is 11.9 Å². The Morgan fingerprint density at radius 1 is 1.18 bits per heavy atom. The average Bonchev–Trinajstić information content (AvgIpc) is 2.30. The molecule has 0 bridgehead atoms. The van der Waals surface area contributed by atoms with Gasteiger partial charge in [-0.3, -0.25) is 0 Å². The first-order valence-corrected chi connectivity index (χ1v) is 5.42. The second-order valence-electron chi connectivity index (χ2n) is 3.89. The highest BCUT2D eigenvalue weighted by atomic mass is 19.1. The van der Waals surface area contributed by atoms with Crippen LogP contribution in [0, 0.1) is 12.7 Å². The molecule has 3 nitrogen and oxygen atoms in total. The molecule has 0 amide bonds. The van der Waals surface area contributed by atoms with Crippen LogP contribution in [0.5, 0.6) is 0 Å². The van der Waals surface area contributed by atoms with E-state index in [1.807, 2.05) is 13.0 Å². The lowest BCUT2D eigenvalue weighted by molar-refractivity contribution is 0.606. The number of benzene rings is 1. The molecule has 0 radical (unpaired) electrons. The Balaban J connectivity index is 2.42. The van der Waals surface area contributed by atoms with Crippen molar-refractivity contribution < 1.29 is 4.39 Å². The van der Waals surface area contributed by atoms with Gasteiger partial charge in [-0.1, -0.05) is 6.07 Å². The molecule has 1 heterocycles. The molecule has 1 N–H and O–H groups in total. The molecule has 1 aromatic carbocycles. The standard InChI is InChI=1S/C13H14FN3/c1-9-6-10(8-11(14)7-9)12(15-2)13-16-4-3-5-17-13/h3-8,12,15H,1-2H3. The van der Waals surface area contributed by atoms with Gasteiger partial charge in [-0.2, -0.15) is 0 Å². The van der Waals surface area contributed by atoms with Crippen LogP contribution in [0.4, 0.5) is 4.39 Å². The fraction of sp³-hybridized carbons (Fsp3) is 0.231. The summed E-state index contributed by atoms with van der Waals surface area (Å²) in [6.07, 6.45) is 3.36. The van der Waals surface area contributed by atoms with Crippen molar-refractivity contribution in [2.24, 2.45) is 0 Å². The summed E-state index contributed by atoms with van der Waals surface area (Å²) in [6.45, 7) is 1.87. The first-order valence-electron chi connectivity index (χ1n) is 5.42. The van der Waals surface area contributed by atoms with Crippen LogP contribution in [0.2, 0.25) is 0 Å². The van der Waals surface area contributed by atoms with Gasteiger partial charge in [0.25, 0.3) is 0 Å². The van der Waals surface area contributed by atoms with Gasteiger partial charge < -0.3 is 5.32 Å². The molecule has 2 aromatic rings. The molecule has 0 saturated carbocycles. The summed E-state index contributed by atoms with van der Waals surface area (Å²) in [6, 6.07) is 6.51. The minimum atomic E-state index is -0.240. The molecule has 0 saturated heterocycles. The van der Waals surface area contributed by atoms with Gasteiger partial charge in [-0.05, 0) is 43.3 Å². The Kier molecular flexibility index (Phi) is 3.44. The number of aromatic nitrogens is 2. The van der Waals surface area contributed by atoms with Crippen LogP contribution in [-0.4, -0.2) is 17.0 Å². The second-order valence-corrected chi connectivity index (χ2v) is 3.89. The lowest BCUT2D eigenvalue weighted by atomic mass is 10.0. The van der Waals surface area contributed by atoms with E-state index in [1.54, 1.807) is 25.5 Å². The molecule has 0 aliphatic carbocycles. The lowest BCUT2D eigenvalue weighted by Crippen LogP contribution is -2.20. The van der Waals surface area contributed by atoms with Crippen LogP contribution in [0.1, 0.15) is 23.0 Å². The Morgan fingerprint density at radius 3 is 2.47 bits per heavy atom. The largest absolute Gasteiger partial charge is 0.307 e. The van der Waals surface area contributed by atoms with Gasteiger partial charge in [0.1, 0.15) is 11.6 Å².